The molecule has 0 rings (SSSR count). The summed E-state index contributed by atoms with van der Waals surface area (Å²) in [5.74, 6) is -9.71. The van der Waals surface area contributed by atoms with Crippen molar-refractivity contribution < 1.29 is 58.2 Å². The van der Waals surface area contributed by atoms with E-state index in [2.05, 4.69) is 42.5 Å². The van der Waals surface area contributed by atoms with E-state index in [0.717, 1.165) is 0 Å². The van der Waals surface area contributed by atoms with Crippen molar-refractivity contribution in [3.8, 4) is 0 Å². The Labute approximate surface area is 417 Å². The van der Waals surface area contributed by atoms with E-state index in [1.807, 2.05) is 20.8 Å². The minimum atomic E-state index is -1.64. The van der Waals surface area contributed by atoms with E-state index < -0.39 is 138 Å². The largest absolute Gasteiger partial charge is 0.480 e. The van der Waals surface area contributed by atoms with Crippen molar-refractivity contribution >= 4 is 70.9 Å². The van der Waals surface area contributed by atoms with Gasteiger partial charge in [-0.3, -0.25) is 43.2 Å². The van der Waals surface area contributed by atoms with Crippen molar-refractivity contribution in [3.05, 3.63) is 0 Å². The number of aliphatic carboxylic acids is 1. The monoisotopic (exact) mass is 1020 g/mol. The second-order valence-corrected chi connectivity index (χ2v) is 19.5. The maximum atomic E-state index is 14.0. The van der Waals surface area contributed by atoms with Crippen molar-refractivity contribution in [3.63, 3.8) is 0 Å². The average molecular weight is 1020 g/mol. The third-order valence-electron chi connectivity index (χ3n) is 12.1. The lowest BCUT2D eigenvalue weighted by molar-refractivity contribution is -0.144. The third-order valence-corrected chi connectivity index (χ3v) is 12.8. The molecule has 0 aromatic carbocycles. The van der Waals surface area contributed by atoms with Gasteiger partial charge >= 0.3 is 5.97 Å². The van der Waals surface area contributed by atoms with E-state index in [0.29, 0.717) is 37.9 Å². The molecule has 0 spiro atoms. The van der Waals surface area contributed by atoms with Crippen LogP contribution in [0.4, 0.5) is 0 Å². The summed E-state index contributed by atoms with van der Waals surface area (Å²) in [6.45, 7) is 16.9. The fourth-order valence-electron chi connectivity index (χ4n) is 6.91. The Bertz CT molecular complexity index is 1740. The molecular weight excluding hydrogens is 931 g/mol. The molecule has 0 saturated carbocycles. The van der Waals surface area contributed by atoms with Gasteiger partial charge in [-0.1, -0.05) is 74.7 Å². The first kappa shape index (κ1) is 64.9. The number of hydrogen-bond donors (Lipinski definition) is 13. The fraction of sp³-hybridized carbons (Fsp3) is 0.783. The molecule has 0 heterocycles. The molecule has 0 aliphatic rings. The number of carboxylic acid groups (broad SMARTS) is 1. The smallest absolute Gasteiger partial charge is 0.326 e. The third kappa shape index (κ3) is 23.2. The maximum absolute atomic E-state index is 14.0. The number of carbonyl (C=O) groups is 10. The number of unbranched alkanes of at least 4 members (excludes halogenated alkanes) is 1. The standard InChI is InChI=1S/C46H85N11O12S/c1-12-24(6)34(49)43(65)54-31(21-23(4)5)42(64)53-32(22-33(48)59)41(63)50-27(9)38(60)51-30(18-20-70-11)40(62)55-35(25(7)13-2)44(66)57-37(28(10)58)45(67)52-29(17-15-16-19-47)39(61)56-36(46(68)69)26(8)14-3/h23-32,34-37,58H,12-22,47,49H2,1-11H3,(H2,48,59)(H,50,63)(H,51,60)(H,52,67)(H,53,64)(H,54,65)(H,55,62)(H,56,61)(H,57,66)(H,68,69)/t24-,25-,26-,27-,28+,29-,30-,31-,32-,34-,35-,36-,37-/m0/s1. The van der Waals surface area contributed by atoms with Crippen molar-refractivity contribution in [2.24, 2.45) is 40.9 Å². The first-order valence-corrected chi connectivity index (χ1v) is 25.7. The minimum Gasteiger partial charge on any atom is -0.480 e. The molecule has 24 heteroatoms. The van der Waals surface area contributed by atoms with Crippen LogP contribution in [0, 0.1) is 23.7 Å². The number of carbonyl (C=O) groups excluding carboxylic acids is 9. The molecule has 13 atom stereocenters. The van der Waals surface area contributed by atoms with Crippen molar-refractivity contribution in [2.45, 2.75) is 188 Å². The van der Waals surface area contributed by atoms with Crippen molar-refractivity contribution in [2.75, 3.05) is 18.6 Å². The van der Waals surface area contributed by atoms with E-state index in [1.165, 1.54) is 25.6 Å². The molecule has 16 N–H and O–H groups in total. The summed E-state index contributed by atoms with van der Waals surface area (Å²) in [5.41, 5.74) is 17.1. The van der Waals surface area contributed by atoms with E-state index >= 15 is 0 Å². The van der Waals surface area contributed by atoms with Gasteiger partial charge in [-0.2, -0.15) is 11.8 Å². The van der Waals surface area contributed by atoms with Crippen LogP contribution in [0.2, 0.25) is 0 Å². The quantitative estimate of drug-likeness (QED) is 0.0326. The van der Waals surface area contributed by atoms with Crippen LogP contribution in [0.25, 0.3) is 0 Å². The molecule has 0 aliphatic carbocycles. The van der Waals surface area contributed by atoms with Crippen LogP contribution in [0.1, 0.15) is 127 Å². The van der Waals surface area contributed by atoms with Crippen LogP contribution in [0.5, 0.6) is 0 Å². The number of thioether (sulfide) groups is 1. The molecule has 0 saturated heterocycles. The zero-order valence-electron chi connectivity index (χ0n) is 43.0. The fourth-order valence-corrected chi connectivity index (χ4v) is 7.38. The summed E-state index contributed by atoms with van der Waals surface area (Å²) in [6.07, 6.45) is 2.14. The molecule has 402 valence electrons. The number of nitrogens with one attached hydrogen (secondary N) is 8. The summed E-state index contributed by atoms with van der Waals surface area (Å²) < 4.78 is 0. The Morgan fingerprint density at radius 2 is 0.971 bits per heavy atom. The van der Waals surface area contributed by atoms with Gasteiger partial charge < -0.3 is 69.9 Å². The molecule has 9 amide bonds. The number of aliphatic hydroxyl groups is 1. The van der Waals surface area contributed by atoms with E-state index in [-0.39, 0.29) is 37.6 Å². The molecule has 0 unspecified atom stereocenters. The Balaban J connectivity index is 6.36. The van der Waals surface area contributed by atoms with E-state index in [4.69, 9.17) is 17.2 Å². The minimum absolute atomic E-state index is 0.0599. The van der Waals surface area contributed by atoms with Gasteiger partial charge in [0.05, 0.1) is 18.6 Å². The van der Waals surface area contributed by atoms with Gasteiger partial charge in [-0.25, -0.2) is 4.79 Å². The van der Waals surface area contributed by atoms with E-state index in [1.54, 1.807) is 40.9 Å². The molecule has 0 fully saturated rings. The molecular formula is C46H85N11O12S. The van der Waals surface area contributed by atoms with Gasteiger partial charge in [0.1, 0.15) is 48.3 Å². The topological polar surface area (TPSA) is 385 Å². The highest BCUT2D eigenvalue weighted by Crippen LogP contribution is 2.14. The van der Waals surface area contributed by atoms with Crippen molar-refractivity contribution in [1.82, 2.24) is 42.5 Å². The van der Waals surface area contributed by atoms with Crippen LogP contribution in [-0.4, -0.2) is 148 Å². The van der Waals surface area contributed by atoms with Crippen LogP contribution in [-0.2, 0) is 47.9 Å². The van der Waals surface area contributed by atoms with Crippen LogP contribution < -0.4 is 59.7 Å². The first-order valence-electron chi connectivity index (χ1n) is 24.3. The first-order chi connectivity index (χ1) is 32.7. The molecule has 0 aliphatic heterocycles. The summed E-state index contributed by atoms with van der Waals surface area (Å²) in [6, 6.07) is -11.7. The molecule has 70 heavy (non-hydrogen) atoms. The summed E-state index contributed by atoms with van der Waals surface area (Å²) in [7, 11) is 0. The predicted octanol–water partition coefficient (Wildman–Crippen LogP) is -1.38. The number of nitrogens with two attached hydrogens (primary N) is 3. The number of primary amides is 1. The molecule has 0 aromatic heterocycles. The number of rotatable bonds is 35. The SMILES string of the molecule is CC[C@H](C)[C@H](N)C(=O)N[C@@H](CC(C)C)C(=O)N[C@@H](CC(N)=O)C(=O)N[C@@H](C)C(=O)N[C@@H](CCSC)C(=O)N[C@H](C(=O)N[C@H](C(=O)N[C@@H](CCCCN)C(=O)N[C@H](C(=O)O)[C@@H](C)CC)[C@@H](C)O)[C@@H](C)CC. The number of hydrogen-bond acceptors (Lipinski definition) is 14. The molecule has 0 radical (unpaired) electrons. The van der Waals surface area contributed by atoms with Gasteiger partial charge in [-0.05, 0) is 88.2 Å². The van der Waals surface area contributed by atoms with Gasteiger partial charge in [0.25, 0.3) is 0 Å². The second-order valence-electron chi connectivity index (χ2n) is 18.6. The lowest BCUT2D eigenvalue weighted by Crippen LogP contribution is -2.62. The lowest BCUT2D eigenvalue weighted by atomic mass is 9.96. The lowest BCUT2D eigenvalue weighted by Gasteiger charge is -2.30. The summed E-state index contributed by atoms with van der Waals surface area (Å²) >= 11 is 1.36. The normalized spacial score (nSPS) is 16.9. The second kappa shape index (κ2) is 33.5. The highest BCUT2D eigenvalue weighted by Gasteiger charge is 2.37. The Morgan fingerprint density at radius 1 is 0.529 bits per heavy atom. The van der Waals surface area contributed by atoms with Gasteiger partial charge in [0.2, 0.25) is 53.2 Å². The van der Waals surface area contributed by atoms with Gasteiger partial charge in [0.15, 0.2) is 0 Å². The zero-order chi connectivity index (χ0) is 54.0. The Morgan fingerprint density at radius 3 is 1.46 bits per heavy atom. The summed E-state index contributed by atoms with van der Waals surface area (Å²) in [4.78, 5) is 133. The van der Waals surface area contributed by atoms with Crippen molar-refractivity contribution in [1.29, 1.82) is 0 Å². The Kier molecular flexibility index (Phi) is 31.1. The average Bonchev–Trinajstić information content (AvgIpc) is 3.29. The van der Waals surface area contributed by atoms with E-state index in [9.17, 15) is 58.2 Å². The van der Waals surface area contributed by atoms with Crippen LogP contribution >= 0.6 is 11.8 Å². The molecule has 23 nitrogen and oxygen atoms in total. The highest BCUT2D eigenvalue weighted by molar-refractivity contribution is 7.98. The number of aliphatic hydroxyl groups excluding tert-OH is 1. The van der Waals surface area contributed by atoms with Gasteiger partial charge in [-0.15, -0.1) is 0 Å². The van der Waals surface area contributed by atoms with Crippen LogP contribution in [0.3, 0.4) is 0 Å². The number of carboxylic acids is 1. The van der Waals surface area contributed by atoms with Crippen LogP contribution in [0.15, 0.2) is 0 Å². The number of amides is 9. The highest BCUT2D eigenvalue weighted by atomic mass is 32.2. The molecule has 0 bridgehead atoms. The summed E-state index contributed by atoms with van der Waals surface area (Å²) in [5, 5.41) is 40.8. The maximum Gasteiger partial charge on any atom is 0.326 e. The molecule has 0 aromatic rings. The van der Waals surface area contributed by atoms with Gasteiger partial charge in [0, 0.05) is 0 Å². The Hall–Kier alpha value is -5.07. The zero-order valence-corrected chi connectivity index (χ0v) is 43.8. The predicted molar refractivity (Wildman–Crippen MR) is 266 cm³/mol.